The number of aromatic nitrogens is 1. The van der Waals surface area contributed by atoms with Crippen LogP contribution in [0.15, 0.2) is 42.6 Å². The summed E-state index contributed by atoms with van der Waals surface area (Å²) >= 11 is 0. The first-order valence-electron chi connectivity index (χ1n) is 8.40. The standard InChI is InChI=1S/C19H24N4O/c1-22(2)13-6-12-21-19(24)16-8-5-11-20-18(16)23-14-10-15-7-3-4-9-17(15)23/h3-5,7-9,11H,6,10,12-14H2,1-2H3,(H,21,24). The summed E-state index contributed by atoms with van der Waals surface area (Å²) in [5.41, 5.74) is 3.09. The van der Waals surface area contributed by atoms with Crippen LogP contribution in [0.2, 0.25) is 0 Å². The van der Waals surface area contributed by atoms with E-state index in [1.807, 2.05) is 32.3 Å². The number of nitrogens with one attached hydrogen (secondary N) is 1. The van der Waals surface area contributed by atoms with Crippen LogP contribution in [0.3, 0.4) is 0 Å². The average molecular weight is 324 g/mol. The molecular weight excluding hydrogens is 300 g/mol. The van der Waals surface area contributed by atoms with Crippen molar-refractivity contribution in [2.75, 3.05) is 38.6 Å². The summed E-state index contributed by atoms with van der Waals surface area (Å²) in [6.45, 7) is 2.49. The molecular formula is C19H24N4O. The van der Waals surface area contributed by atoms with Gasteiger partial charge in [-0.25, -0.2) is 4.98 Å². The second kappa shape index (κ2) is 7.45. The molecule has 0 fully saturated rings. The maximum Gasteiger partial charge on any atom is 0.255 e. The van der Waals surface area contributed by atoms with E-state index in [1.165, 1.54) is 5.56 Å². The Morgan fingerprint density at radius 3 is 2.92 bits per heavy atom. The topological polar surface area (TPSA) is 48.5 Å². The number of pyridine rings is 1. The molecule has 1 aliphatic rings. The van der Waals surface area contributed by atoms with Crippen LogP contribution in [0.25, 0.3) is 0 Å². The average Bonchev–Trinajstić information content (AvgIpc) is 3.02. The third-order valence-electron chi connectivity index (χ3n) is 4.24. The molecule has 2 heterocycles. The van der Waals surface area contributed by atoms with E-state index in [0.29, 0.717) is 12.1 Å². The molecule has 0 unspecified atom stereocenters. The molecule has 0 saturated heterocycles. The molecule has 0 aliphatic carbocycles. The number of hydrogen-bond donors (Lipinski definition) is 1. The second-order valence-electron chi connectivity index (χ2n) is 6.32. The minimum atomic E-state index is -0.0544. The smallest absolute Gasteiger partial charge is 0.255 e. The van der Waals surface area contributed by atoms with E-state index in [4.69, 9.17) is 0 Å². The van der Waals surface area contributed by atoms with Crippen LogP contribution in [-0.2, 0) is 6.42 Å². The molecule has 1 aromatic heterocycles. The lowest BCUT2D eigenvalue weighted by molar-refractivity contribution is 0.0952. The van der Waals surface area contributed by atoms with Gasteiger partial charge in [0.05, 0.1) is 5.56 Å². The van der Waals surface area contributed by atoms with E-state index in [0.717, 1.165) is 37.4 Å². The lowest BCUT2D eigenvalue weighted by Gasteiger charge is -2.21. The molecule has 0 radical (unpaired) electrons. The Morgan fingerprint density at radius 1 is 1.25 bits per heavy atom. The first-order valence-corrected chi connectivity index (χ1v) is 8.40. The summed E-state index contributed by atoms with van der Waals surface area (Å²) in [6, 6.07) is 12.0. The van der Waals surface area contributed by atoms with Crippen molar-refractivity contribution in [3.05, 3.63) is 53.7 Å². The van der Waals surface area contributed by atoms with E-state index < -0.39 is 0 Å². The Kier molecular flexibility index (Phi) is 5.11. The number of anilines is 2. The second-order valence-corrected chi connectivity index (χ2v) is 6.32. The Morgan fingerprint density at radius 2 is 2.08 bits per heavy atom. The van der Waals surface area contributed by atoms with Crippen LogP contribution in [0.4, 0.5) is 11.5 Å². The van der Waals surface area contributed by atoms with Crippen molar-refractivity contribution in [3.63, 3.8) is 0 Å². The molecule has 126 valence electrons. The first-order chi connectivity index (χ1) is 11.7. The summed E-state index contributed by atoms with van der Waals surface area (Å²) < 4.78 is 0. The summed E-state index contributed by atoms with van der Waals surface area (Å²) in [5, 5.41) is 3.01. The van der Waals surface area contributed by atoms with Crippen LogP contribution in [0.1, 0.15) is 22.3 Å². The molecule has 5 nitrogen and oxygen atoms in total. The predicted molar refractivity (Wildman–Crippen MR) is 96.9 cm³/mol. The van der Waals surface area contributed by atoms with Gasteiger partial charge in [0.15, 0.2) is 0 Å². The predicted octanol–water partition coefficient (Wildman–Crippen LogP) is 2.46. The Balaban J connectivity index is 1.76. The van der Waals surface area contributed by atoms with E-state index >= 15 is 0 Å². The molecule has 3 rings (SSSR count). The molecule has 1 aliphatic heterocycles. The maximum atomic E-state index is 12.6. The quantitative estimate of drug-likeness (QED) is 0.829. The van der Waals surface area contributed by atoms with Gasteiger partial charge >= 0.3 is 0 Å². The van der Waals surface area contributed by atoms with E-state index in [1.54, 1.807) is 6.20 Å². The van der Waals surface area contributed by atoms with Gasteiger partial charge < -0.3 is 15.1 Å². The van der Waals surface area contributed by atoms with Crippen molar-refractivity contribution in [3.8, 4) is 0 Å². The number of carbonyl (C=O) groups excluding carboxylic acids is 1. The minimum Gasteiger partial charge on any atom is -0.352 e. The Labute approximate surface area is 143 Å². The van der Waals surface area contributed by atoms with E-state index in [9.17, 15) is 4.79 Å². The SMILES string of the molecule is CN(C)CCCNC(=O)c1cccnc1N1CCc2ccccc21. The highest BCUT2D eigenvalue weighted by molar-refractivity contribution is 5.99. The molecule has 5 heteroatoms. The normalized spacial score (nSPS) is 13.2. The zero-order valence-corrected chi connectivity index (χ0v) is 14.3. The molecule has 1 amide bonds. The molecule has 0 saturated carbocycles. The van der Waals surface area contributed by atoms with Crippen molar-refractivity contribution < 1.29 is 4.79 Å². The van der Waals surface area contributed by atoms with Gasteiger partial charge in [0.2, 0.25) is 0 Å². The van der Waals surface area contributed by atoms with Crippen molar-refractivity contribution in [1.29, 1.82) is 0 Å². The van der Waals surface area contributed by atoms with E-state index in [-0.39, 0.29) is 5.91 Å². The van der Waals surface area contributed by atoms with Gasteiger partial charge in [-0.1, -0.05) is 18.2 Å². The zero-order valence-electron chi connectivity index (χ0n) is 14.3. The summed E-state index contributed by atoms with van der Waals surface area (Å²) in [7, 11) is 4.07. The molecule has 0 spiro atoms. The number of amides is 1. The van der Waals surface area contributed by atoms with Crippen LogP contribution in [0, 0.1) is 0 Å². The lowest BCUT2D eigenvalue weighted by atomic mass is 10.1. The Bertz CT molecular complexity index is 714. The van der Waals surface area contributed by atoms with Gasteiger partial charge in [0.25, 0.3) is 5.91 Å². The van der Waals surface area contributed by atoms with Crippen molar-refractivity contribution in [2.24, 2.45) is 0 Å². The zero-order chi connectivity index (χ0) is 16.9. The Hall–Kier alpha value is -2.40. The number of rotatable bonds is 6. The van der Waals surface area contributed by atoms with Crippen LogP contribution in [-0.4, -0.2) is 49.5 Å². The third-order valence-corrected chi connectivity index (χ3v) is 4.24. The monoisotopic (exact) mass is 324 g/mol. The minimum absolute atomic E-state index is 0.0544. The largest absolute Gasteiger partial charge is 0.352 e. The van der Waals surface area contributed by atoms with Gasteiger partial charge in [-0.05, 0) is 57.2 Å². The van der Waals surface area contributed by atoms with Crippen molar-refractivity contribution in [2.45, 2.75) is 12.8 Å². The van der Waals surface area contributed by atoms with Crippen molar-refractivity contribution >= 4 is 17.4 Å². The molecule has 24 heavy (non-hydrogen) atoms. The number of benzene rings is 1. The summed E-state index contributed by atoms with van der Waals surface area (Å²) in [4.78, 5) is 21.3. The first kappa shape index (κ1) is 16.5. The van der Waals surface area contributed by atoms with Crippen LogP contribution < -0.4 is 10.2 Å². The third kappa shape index (κ3) is 3.57. The van der Waals surface area contributed by atoms with Gasteiger partial charge in [-0.2, -0.15) is 0 Å². The van der Waals surface area contributed by atoms with Gasteiger partial charge in [-0.3, -0.25) is 4.79 Å². The van der Waals surface area contributed by atoms with Crippen LogP contribution in [0.5, 0.6) is 0 Å². The highest BCUT2D eigenvalue weighted by atomic mass is 16.1. The van der Waals surface area contributed by atoms with Gasteiger partial charge in [0.1, 0.15) is 5.82 Å². The highest BCUT2D eigenvalue weighted by Gasteiger charge is 2.24. The van der Waals surface area contributed by atoms with Crippen molar-refractivity contribution in [1.82, 2.24) is 15.2 Å². The summed E-state index contributed by atoms with van der Waals surface area (Å²) in [5.74, 6) is 0.689. The molecule has 2 aromatic rings. The number of carbonyl (C=O) groups is 1. The van der Waals surface area contributed by atoms with Crippen LogP contribution >= 0.6 is 0 Å². The fraction of sp³-hybridized carbons (Fsp3) is 0.368. The van der Waals surface area contributed by atoms with E-state index in [2.05, 4.69) is 38.3 Å². The highest BCUT2D eigenvalue weighted by Crippen LogP contribution is 2.34. The number of hydrogen-bond acceptors (Lipinski definition) is 4. The number of fused-ring (bicyclic) bond motifs is 1. The fourth-order valence-electron chi connectivity index (χ4n) is 3.04. The number of nitrogens with zero attached hydrogens (tertiary/aromatic N) is 3. The summed E-state index contributed by atoms with van der Waals surface area (Å²) in [6.07, 6.45) is 3.66. The molecule has 0 atom stereocenters. The fourth-order valence-corrected chi connectivity index (χ4v) is 3.04. The lowest BCUT2D eigenvalue weighted by Crippen LogP contribution is -2.29. The molecule has 1 N–H and O–H groups in total. The molecule has 0 bridgehead atoms. The van der Waals surface area contributed by atoms with Gasteiger partial charge in [-0.15, -0.1) is 0 Å². The number of para-hydroxylation sites is 1. The maximum absolute atomic E-state index is 12.6. The molecule has 1 aromatic carbocycles. The van der Waals surface area contributed by atoms with Gasteiger partial charge in [0, 0.05) is 25.0 Å².